The van der Waals surface area contributed by atoms with Crippen LogP contribution in [0.5, 0.6) is 0 Å². The van der Waals surface area contributed by atoms with Gasteiger partial charge in [0.1, 0.15) is 0 Å². The van der Waals surface area contributed by atoms with Crippen molar-refractivity contribution in [3.05, 3.63) is 17.2 Å². The standard InChI is InChI=1S/C8H9ClN4O/c1-3-6-5(4-13(2)11-6)7-10-8(9)14-12-7/h4H,3H2,1-2H3. The van der Waals surface area contributed by atoms with Gasteiger partial charge in [0.25, 0.3) is 0 Å². The molecule has 0 aliphatic heterocycles. The molecule has 0 N–H and O–H groups in total. The molecule has 0 saturated carbocycles. The molecule has 2 heterocycles. The third-order valence-electron chi connectivity index (χ3n) is 1.88. The lowest BCUT2D eigenvalue weighted by atomic mass is 10.2. The zero-order valence-electron chi connectivity index (χ0n) is 7.86. The van der Waals surface area contributed by atoms with Crippen LogP contribution in [0.2, 0.25) is 5.35 Å². The van der Waals surface area contributed by atoms with Gasteiger partial charge in [0.2, 0.25) is 5.82 Å². The van der Waals surface area contributed by atoms with Crippen molar-refractivity contribution in [2.75, 3.05) is 0 Å². The summed E-state index contributed by atoms with van der Waals surface area (Å²) in [6, 6.07) is 0. The topological polar surface area (TPSA) is 56.7 Å². The maximum absolute atomic E-state index is 5.55. The van der Waals surface area contributed by atoms with Crippen LogP contribution in [-0.4, -0.2) is 19.9 Å². The molecule has 0 atom stereocenters. The Bertz CT molecular complexity index is 448. The van der Waals surface area contributed by atoms with E-state index in [2.05, 4.69) is 15.2 Å². The summed E-state index contributed by atoms with van der Waals surface area (Å²) in [5, 5.41) is 8.05. The summed E-state index contributed by atoms with van der Waals surface area (Å²) in [4.78, 5) is 3.94. The Morgan fingerprint density at radius 3 is 2.93 bits per heavy atom. The maximum Gasteiger partial charge on any atom is 0.320 e. The van der Waals surface area contributed by atoms with Gasteiger partial charge in [-0.2, -0.15) is 10.1 Å². The average molecular weight is 213 g/mol. The number of halogens is 1. The van der Waals surface area contributed by atoms with Gasteiger partial charge in [0.15, 0.2) is 0 Å². The van der Waals surface area contributed by atoms with E-state index < -0.39 is 0 Å². The fourth-order valence-corrected chi connectivity index (χ4v) is 1.41. The molecule has 0 fully saturated rings. The molecule has 0 unspecified atom stereocenters. The molecule has 0 bridgehead atoms. The lowest BCUT2D eigenvalue weighted by Crippen LogP contribution is -1.89. The number of aryl methyl sites for hydroxylation is 2. The predicted octanol–water partition coefficient (Wildman–Crippen LogP) is 1.69. The molecule has 14 heavy (non-hydrogen) atoms. The van der Waals surface area contributed by atoms with Crippen LogP contribution >= 0.6 is 11.6 Å². The molecule has 0 aliphatic rings. The van der Waals surface area contributed by atoms with Crippen molar-refractivity contribution < 1.29 is 4.52 Å². The van der Waals surface area contributed by atoms with Crippen LogP contribution in [-0.2, 0) is 13.5 Å². The smallest absolute Gasteiger partial charge is 0.320 e. The lowest BCUT2D eigenvalue weighted by Gasteiger charge is -1.90. The van der Waals surface area contributed by atoms with Crippen LogP contribution in [0.25, 0.3) is 11.4 Å². The van der Waals surface area contributed by atoms with E-state index in [1.165, 1.54) is 0 Å². The Morgan fingerprint density at radius 2 is 2.36 bits per heavy atom. The second kappa shape index (κ2) is 3.42. The molecule has 6 heteroatoms. The molecular formula is C8H9ClN4O. The van der Waals surface area contributed by atoms with Crippen LogP contribution in [0.4, 0.5) is 0 Å². The highest BCUT2D eigenvalue weighted by Crippen LogP contribution is 2.21. The molecule has 0 aliphatic carbocycles. The van der Waals surface area contributed by atoms with Crippen molar-refractivity contribution in [1.29, 1.82) is 0 Å². The number of hydrogen-bond donors (Lipinski definition) is 0. The minimum absolute atomic E-state index is 0.0471. The van der Waals surface area contributed by atoms with E-state index in [0.717, 1.165) is 17.7 Å². The van der Waals surface area contributed by atoms with Gasteiger partial charge < -0.3 is 4.52 Å². The Morgan fingerprint density at radius 1 is 1.57 bits per heavy atom. The zero-order chi connectivity index (χ0) is 10.1. The molecule has 0 spiro atoms. The molecule has 5 nitrogen and oxygen atoms in total. The fraction of sp³-hybridized carbons (Fsp3) is 0.375. The van der Waals surface area contributed by atoms with Crippen molar-refractivity contribution >= 4 is 11.6 Å². The van der Waals surface area contributed by atoms with Crippen LogP contribution in [0.1, 0.15) is 12.6 Å². The van der Waals surface area contributed by atoms with E-state index in [0.29, 0.717) is 5.82 Å². The highest BCUT2D eigenvalue weighted by molar-refractivity contribution is 6.27. The first kappa shape index (κ1) is 9.21. The summed E-state index contributed by atoms with van der Waals surface area (Å²) in [6.45, 7) is 2.02. The maximum atomic E-state index is 5.55. The SMILES string of the molecule is CCc1nn(C)cc1-c1noc(Cl)n1. The largest absolute Gasteiger partial charge is 0.321 e. The zero-order valence-corrected chi connectivity index (χ0v) is 8.62. The highest BCUT2D eigenvalue weighted by atomic mass is 35.5. The van der Waals surface area contributed by atoms with Gasteiger partial charge in [0, 0.05) is 13.2 Å². The molecule has 74 valence electrons. The van der Waals surface area contributed by atoms with Crippen molar-refractivity contribution in [3.63, 3.8) is 0 Å². The monoisotopic (exact) mass is 212 g/mol. The molecule has 0 aromatic carbocycles. The van der Waals surface area contributed by atoms with E-state index in [9.17, 15) is 0 Å². The van der Waals surface area contributed by atoms with Gasteiger partial charge in [-0.3, -0.25) is 4.68 Å². The van der Waals surface area contributed by atoms with Crippen LogP contribution in [0.3, 0.4) is 0 Å². The summed E-state index contributed by atoms with van der Waals surface area (Å²) in [6.07, 6.45) is 2.67. The Kier molecular flexibility index (Phi) is 2.25. The third kappa shape index (κ3) is 1.50. The van der Waals surface area contributed by atoms with Gasteiger partial charge in [0.05, 0.1) is 11.3 Å². The number of nitrogens with zero attached hydrogens (tertiary/aromatic N) is 4. The third-order valence-corrected chi connectivity index (χ3v) is 2.04. The average Bonchev–Trinajstić information content (AvgIpc) is 2.71. The molecule has 0 amide bonds. The molecule has 0 saturated heterocycles. The Labute approximate surface area is 85.7 Å². The van der Waals surface area contributed by atoms with Crippen molar-refractivity contribution in [3.8, 4) is 11.4 Å². The quantitative estimate of drug-likeness (QED) is 0.760. The molecule has 2 aromatic rings. The van der Waals surface area contributed by atoms with Gasteiger partial charge in [-0.25, -0.2) is 0 Å². The fourth-order valence-electron chi connectivity index (χ4n) is 1.30. The molecular weight excluding hydrogens is 204 g/mol. The second-order valence-electron chi connectivity index (χ2n) is 2.89. The summed E-state index contributed by atoms with van der Waals surface area (Å²) in [5.41, 5.74) is 1.80. The first-order valence-electron chi connectivity index (χ1n) is 4.22. The van der Waals surface area contributed by atoms with E-state index >= 15 is 0 Å². The van der Waals surface area contributed by atoms with E-state index in [-0.39, 0.29) is 5.35 Å². The first-order valence-corrected chi connectivity index (χ1v) is 4.60. The highest BCUT2D eigenvalue weighted by Gasteiger charge is 2.13. The summed E-state index contributed by atoms with van der Waals surface area (Å²) in [5.74, 6) is 0.486. The number of hydrogen-bond acceptors (Lipinski definition) is 4. The summed E-state index contributed by atoms with van der Waals surface area (Å²) in [7, 11) is 1.85. The van der Waals surface area contributed by atoms with Crippen molar-refractivity contribution in [2.45, 2.75) is 13.3 Å². The number of aromatic nitrogens is 4. The number of rotatable bonds is 2. The van der Waals surface area contributed by atoms with E-state index in [4.69, 9.17) is 16.1 Å². The van der Waals surface area contributed by atoms with Gasteiger partial charge >= 0.3 is 5.35 Å². The van der Waals surface area contributed by atoms with Crippen LogP contribution in [0, 0.1) is 0 Å². The predicted molar refractivity (Wildman–Crippen MR) is 50.9 cm³/mol. The van der Waals surface area contributed by atoms with Gasteiger partial charge in [-0.15, -0.1) is 0 Å². The minimum Gasteiger partial charge on any atom is -0.321 e. The lowest BCUT2D eigenvalue weighted by molar-refractivity contribution is 0.420. The van der Waals surface area contributed by atoms with E-state index in [1.54, 1.807) is 4.68 Å². The summed E-state index contributed by atoms with van der Waals surface area (Å²) >= 11 is 5.55. The van der Waals surface area contributed by atoms with Crippen LogP contribution in [0.15, 0.2) is 10.7 Å². The van der Waals surface area contributed by atoms with Crippen molar-refractivity contribution in [2.24, 2.45) is 7.05 Å². The Balaban J connectivity index is 2.49. The second-order valence-corrected chi connectivity index (χ2v) is 3.21. The normalized spacial score (nSPS) is 10.8. The Hall–Kier alpha value is -1.36. The first-order chi connectivity index (χ1) is 6.70. The summed E-state index contributed by atoms with van der Waals surface area (Å²) < 4.78 is 6.42. The van der Waals surface area contributed by atoms with Gasteiger partial charge in [-0.05, 0) is 18.0 Å². The van der Waals surface area contributed by atoms with Gasteiger partial charge in [-0.1, -0.05) is 12.1 Å². The van der Waals surface area contributed by atoms with Crippen molar-refractivity contribution in [1.82, 2.24) is 19.9 Å². The van der Waals surface area contributed by atoms with E-state index in [1.807, 2.05) is 20.2 Å². The molecule has 2 rings (SSSR count). The molecule has 0 radical (unpaired) electrons. The molecule has 2 aromatic heterocycles. The minimum atomic E-state index is 0.0471. The van der Waals surface area contributed by atoms with Crippen LogP contribution < -0.4 is 0 Å².